The fourth-order valence-electron chi connectivity index (χ4n) is 4.74. The summed E-state index contributed by atoms with van der Waals surface area (Å²) < 4.78 is 16.3. The molecule has 2 atom stereocenters. The minimum Gasteiger partial charge on any atom is -0.383 e. The molecular formula is C24H27N4O2P. The van der Waals surface area contributed by atoms with Gasteiger partial charge in [0.05, 0.1) is 29.5 Å². The van der Waals surface area contributed by atoms with E-state index >= 15 is 0 Å². The maximum Gasteiger partial charge on any atom is 0.228 e. The Morgan fingerprint density at radius 3 is 2.94 bits per heavy atom. The molecule has 2 aliphatic heterocycles. The van der Waals surface area contributed by atoms with Gasteiger partial charge in [0.15, 0.2) is 7.29 Å². The maximum atomic E-state index is 14.3. The number of benzene rings is 2. The number of aromatic nitrogens is 1. The SMILES string of the molecule is CN1CCCCP1(=O)C(CNc1cnc2ccccc2c1)c1ccc2c(c1)CC(=O)N2. The van der Waals surface area contributed by atoms with Crippen molar-refractivity contribution >= 4 is 35.5 Å². The minimum absolute atomic E-state index is 0.0190. The van der Waals surface area contributed by atoms with Gasteiger partial charge in [-0.1, -0.05) is 30.3 Å². The molecular weight excluding hydrogens is 407 g/mol. The van der Waals surface area contributed by atoms with Crippen molar-refractivity contribution in [1.82, 2.24) is 9.65 Å². The van der Waals surface area contributed by atoms with E-state index in [1.807, 2.05) is 49.6 Å². The predicted molar refractivity (Wildman–Crippen MR) is 126 cm³/mol. The van der Waals surface area contributed by atoms with E-state index in [2.05, 4.69) is 32.4 Å². The molecule has 7 heteroatoms. The number of rotatable bonds is 5. The topological polar surface area (TPSA) is 74.3 Å². The van der Waals surface area contributed by atoms with Gasteiger partial charge in [0, 0.05) is 30.3 Å². The summed E-state index contributed by atoms with van der Waals surface area (Å²) in [4.78, 5) is 16.4. The highest BCUT2D eigenvalue weighted by atomic mass is 31.2. The molecule has 1 saturated heterocycles. The number of fused-ring (bicyclic) bond motifs is 2. The van der Waals surface area contributed by atoms with E-state index < -0.39 is 7.29 Å². The fourth-order valence-corrected chi connectivity index (χ4v) is 8.03. The van der Waals surface area contributed by atoms with E-state index in [4.69, 9.17) is 0 Å². The van der Waals surface area contributed by atoms with E-state index in [0.29, 0.717) is 13.0 Å². The van der Waals surface area contributed by atoms with E-state index in [1.165, 1.54) is 0 Å². The molecule has 3 aromatic rings. The summed E-state index contributed by atoms with van der Waals surface area (Å²) in [6, 6.07) is 16.2. The molecule has 2 aliphatic rings. The van der Waals surface area contributed by atoms with Crippen molar-refractivity contribution in [2.75, 3.05) is 36.9 Å². The second kappa shape index (κ2) is 8.10. The Morgan fingerprint density at radius 2 is 2.06 bits per heavy atom. The number of pyridine rings is 1. The van der Waals surface area contributed by atoms with Gasteiger partial charge in [-0.25, -0.2) is 0 Å². The smallest absolute Gasteiger partial charge is 0.228 e. The molecule has 6 nitrogen and oxygen atoms in total. The number of nitrogens with zero attached hydrogens (tertiary/aromatic N) is 2. The third-order valence-electron chi connectivity index (χ3n) is 6.50. The lowest BCUT2D eigenvalue weighted by molar-refractivity contribution is -0.115. The van der Waals surface area contributed by atoms with Crippen molar-refractivity contribution in [1.29, 1.82) is 0 Å². The Hall–Kier alpha value is -2.69. The van der Waals surface area contributed by atoms with E-state index in [9.17, 15) is 9.36 Å². The zero-order valence-corrected chi connectivity index (χ0v) is 18.6. The summed E-state index contributed by atoms with van der Waals surface area (Å²) in [7, 11) is -0.628. The highest BCUT2D eigenvalue weighted by Gasteiger charge is 2.40. The third-order valence-corrected chi connectivity index (χ3v) is 10.3. The first-order chi connectivity index (χ1) is 15.0. The second-order valence-electron chi connectivity index (χ2n) is 8.52. The number of para-hydroxylation sites is 1. The lowest BCUT2D eigenvalue weighted by atomic mass is 10.1. The number of anilines is 2. The summed E-state index contributed by atoms with van der Waals surface area (Å²) in [5.74, 6) is 0.0190. The van der Waals surface area contributed by atoms with Crippen molar-refractivity contribution in [3.05, 3.63) is 65.9 Å². The second-order valence-corrected chi connectivity index (χ2v) is 11.8. The Morgan fingerprint density at radius 1 is 1.19 bits per heavy atom. The monoisotopic (exact) mass is 434 g/mol. The number of amides is 1. The number of carbonyl (C=O) groups is 1. The highest BCUT2D eigenvalue weighted by Crippen LogP contribution is 2.63. The Bertz CT molecular complexity index is 1200. The minimum atomic E-state index is -2.62. The Kier molecular flexibility index (Phi) is 5.28. The van der Waals surface area contributed by atoms with Gasteiger partial charge in [-0.15, -0.1) is 0 Å². The van der Waals surface area contributed by atoms with Crippen LogP contribution in [0.1, 0.15) is 29.6 Å². The molecule has 0 radical (unpaired) electrons. The molecule has 2 N–H and O–H groups in total. The molecule has 160 valence electrons. The number of hydrogen-bond donors (Lipinski definition) is 2. The molecule has 1 aromatic heterocycles. The van der Waals surface area contributed by atoms with Crippen LogP contribution in [0.3, 0.4) is 0 Å². The van der Waals surface area contributed by atoms with Crippen LogP contribution in [-0.2, 0) is 15.8 Å². The van der Waals surface area contributed by atoms with Crippen LogP contribution in [0.4, 0.5) is 11.4 Å². The summed E-state index contributed by atoms with van der Waals surface area (Å²) in [5.41, 5.74) is 4.63. The van der Waals surface area contributed by atoms with Gasteiger partial charge >= 0.3 is 0 Å². The molecule has 0 aliphatic carbocycles. The maximum absolute atomic E-state index is 14.3. The van der Waals surface area contributed by atoms with Crippen LogP contribution in [-0.4, -0.2) is 41.9 Å². The van der Waals surface area contributed by atoms with Crippen molar-refractivity contribution < 1.29 is 9.36 Å². The van der Waals surface area contributed by atoms with Crippen LogP contribution in [0, 0.1) is 0 Å². The van der Waals surface area contributed by atoms with Crippen molar-refractivity contribution in [3.8, 4) is 0 Å². The predicted octanol–water partition coefficient (Wildman–Crippen LogP) is 4.89. The fraction of sp³-hybridized carbons (Fsp3) is 0.333. The Labute approximate surface area is 182 Å². The largest absolute Gasteiger partial charge is 0.383 e. The van der Waals surface area contributed by atoms with Gasteiger partial charge in [-0.05, 0) is 49.2 Å². The quantitative estimate of drug-likeness (QED) is 0.560. The number of hydrogen-bond acceptors (Lipinski definition) is 4. The standard InChI is InChI=1S/C24H27N4O2P/c1-28-10-4-5-11-31(28,30)23(18-8-9-22-19(12-18)14-24(29)27-22)16-25-20-13-17-6-2-3-7-21(17)26-15-20/h2-3,6-9,12-13,15,23,25H,4-5,10-11,14,16H2,1H3,(H,27,29). The highest BCUT2D eigenvalue weighted by molar-refractivity contribution is 7.62. The van der Waals surface area contributed by atoms with Gasteiger partial charge < -0.3 is 15.2 Å². The van der Waals surface area contributed by atoms with E-state index in [1.54, 1.807) is 0 Å². The van der Waals surface area contributed by atoms with E-state index in [-0.39, 0.29) is 11.6 Å². The number of carbonyl (C=O) groups excluding carboxylic acids is 1. The molecule has 0 bridgehead atoms. The molecule has 5 rings (SSSR count). The molecule has 3 heterocycles. The summed E-state index contributed by atoms with van der Waals surface area (Å²) >= 11 is 0. The zero-order valence-electron chi connectivity index (χ0n) is 17.7. The van der Waals surface area contributed by atoms with Crippen LogP contribution in [0.15, 0.2) is 54.7 Å². The average Bonchev–Trinajstić information content (AvgIpc) is 3.15. The molecule has 0 saturated carbocycles. The van der Waals surface area contributed by atoms with Crippen molar-refractivity contribution in [2.24, 2.45) is 0 Å². The lowest BCUT2D eigenvalue weighted by Gasteiger charge is -2.38. The molecule has 0 spiro atoms. The van der Waals surface area contributed by atoms with Crippen LogP contribution in [0.2, 0.25) is 0 Å². The number of nitrogens with one attached hydrogen (secondary N) is 2. The van der Waals surface area contributed by atoms with Gasteiger partial charge in [0.2, 0.25) is 5.91 Å². The summed E-state index contributed by atoms with van der Waals surface area (Å²) in [6.07, 6.45) is 5.02. The van der Waals surface area contributed by atoms with Gasteiger partial charge in [0.25, 0.3) is 0 Å². The van der Waals surface area contributed by atoms with Gasteiger partial charge in [-0.2, -0.15) is 0 Å². The molecule has 1 fully saturated rings. The summed E-state index contributed by atoms with van der Waals surface area (Å²) in [6.45, 7) is 1.41. The van der Waals surface area contributed by atoms with Gasteiger partial charge in [-0.3, -0.25) is 14.4 Å². The molecule has 31 heavy (non-hydrogen) atoms. The zero-order chi connectivity index (χ0) is 21.4. The van der Waals surface area contributed by atoms with Crippen molar-refractivity contribution in [2.45, 2.75) is 24.9 Å². The van der Waals surface area contributed by atoms with Crippen LogP contribution in [0.25, 0.3) is 10.9 Å². The first-order valence-corrected chi connectivity index (χ1v) is 12.8. The normalized spacial score (nSPS) is 22.2. The molecule has 2 aromatic carbocycles. The average molecular weight is 434 g/mol. The first-order valence-electron chi connectivity index (χ1n) is 10.8. The summed E-state index contributed by atoms with van der Waals surface area (Å²) in [5, 5.41) is 7.48. The lowest BCUT2D eigenvalue weighted by Crippen LogP contribution is -2.29. The van der Waals surface area contributed by atoms with Crippen LogP contribution < -0.4 is 10.6 Å². The van der Waals surface area contributed by atoms with Crippen LogP contribution in [0.5, 0.6) is 0 Å². The third kappa shape index (κ3) is 3.86. The van der Waals surface area contributed by atoms with Crippen LogP contribution >= 0.6 is 7.29 Å². The Balaban J connectivity index is 1.47. The molecule has 2 unspecified atom stereocenters. The molecule has 1 amide bonds. The first kappa shape index (κ1) is 20.2. The van der Waals surface area contributed by atoms with Crippen molar-refractivity contribution in [3.63, 3.8) is 0 Å². The van der Waals surface area contributed by atoms with E-state index in [0.717, 1.165) is 59.0 Å². The van der Waals surface area contributed by atoms with Gasteiger partial charge in [0.1, 0.15) is 0 Å².